The fraction of sp³-hybridized carbons (Fsp3) is 0.320. The van der Waals surface area contributed by atoms with E-state index in [4.69, 9.17) is 9.47 Å². The summed E-state index contributed by atoms with van der Waals surface area (Å²) in [4.78, 5) is 14.7. The van der Waals surface area contributed by atoms with Gasteiger partial charge in [-0.2, -0.15) is 0 Å². The average Bonchev–Trinajstić information content (AvgIpc) is 2.85. The Morgan fingerprint density at radius 1 is 1.03 bits per heavy atom. The number of carbonyl (C=O) groups excluding carboxylic acids is 1. The van der Waals surface area contributed by atoms with Crippen LogP contribution >= 0.6 is 0 Å². The number of carbonyl (C=O) groups is 1. The Bertz CT molecular complexity index is 1010. The zero-order valence-electron chi connectivity index (χ0n) is 18.5. The summed E-state index contributed by atoms with van der Waals surface area (Å²) in [6.07, 6.45) is 0.358. The zero-order valence-corrected chi connectivity index (χ0v) is 18.5. The molecule has 0 saturated carbocycles. The van der Waals surface area contributed by atoms with Gasteiger partial charge in [-0.1, -0.05) is 31.2 Å². The van der Waals surface area contributed by atoms with Crippen molar-refractivity contribution in [3.63, 3.8) is 0 Å². The van der Waals surface area contributed by atoms with Gasteiger partial charge in [0, 0.05) is 24.3 Å². The molecular weight excluding hydrogens is 404 g/mol. The van der Waals surface area contributed by atoms with E-state index >= 15 is 0 Å². The molecule has 1 aliphatic rings. The lowest BCUT2D eigenvalue weighted by molar-refractivity contribution is -0.122. The van der Waals surface area contributed by atoms with Gasteiger partial charge in [0.25, 0.3) is 5.91 Å². The summed E-state index contributed by atoms with van der Waals surface area (Å²) in [6, 6.07) is 19.3. The second-order valence-corrected chi connectivity index (χ2v) is 7.70. The van der Waals surface area contributed by atoms with Gasteiger partial charge in [-0.05, 0) is 55.3 Å². The molecule has 1 fully saturated rings. The van der Waals surface area contributed by atoms with Gasteiger partial charge in [-0.3, -0.25) is 4.79 Å². The predicted octanol–water partition coefficient (Wildman–Crippen LogP) is 3.95. The number of amides is 1. The highest BCUT2D eigenvalue weighted by Gasteiger charge is 2.16. The van der Waals surface area contributed by atoms with Crippen LogP contribution in [0, 0.1) is 0 Å². The number of benzene rings is 2. The number of morpholine rings is 1. The van der Waals surface area contributed by atoms with Crippen LogP contribution in [0.25, 0.3) is 11.3 Å². The SMILES string of the molecule is CCc1ccc(OC(C)C(=O)Nc2ccc(-c3ccc(N4CCOCC4)nn3)cc2)cc1. The third-order valence-corrected chi connectivity index (χ3v) is 5.45. The second kappa shape index (κ2) is 10.2. The Morgan fingerprint density at radius 3 is 2.38 bits per heavy atom. The lowest BCUT2D eigenvalue weighted by Gasteiger charge is -2.27. The van der Waals surface area contributed by atoms with Gasteiger partial charge in [-0.15, -0.1) is 10.2 Å². The Hall–Kier alpha value is -3.45. The molecule has 1 atom stereocenters. The lowest BCUT2D eigenvalue weighted by atomic mass is 10.1. The van der Waals surface area contributed by atoms with E-state index < -0.39 is 6.10 Å². The number of rotatable bonds is 7. The number of nitrogens with zero attached hydrogens (tertiary/aromatic N) is 3. The molecule has 32 heavy (non-hydrogen) atoms. The molecule has 1 N–H and O–H groups in total. The molecular formula is C25H28N4O3. The molecule has 1 aromatic heterocycles. The fourth-order valence-electron chi connectivity index (χ4n) is 3.47. The normalized spacial score (nSPS) is 14.6. The summed E-state index contributed by atoms with van der Waals surface area (Å²) >= 11 is 0. The maximum atomic E-state index is 12.5. The molecule has 7 nitrogen and oxygen atoms in total. The fourth-order valence-corrected chi connectivity index (χ4v) is 3.47. The first-order valence-corrected chi connectivity index (χ1v) is 11.0. The molecule has 2 aromatic carbocycles. The standard InChI is InChI=1S/C25H28N4O3/c1-3-19-4-10-22(11-5-19)32-18(2)25(30)26-21-8-6-20(7-9-21)23-12-13-24(28-27-23)29-14-16-31-17-15-29/h4-13,18H,3,14-17H2,1-2H3,(H,26,30). The number of anilines is 2. The van der Waals surface area contributed by atoms with Crippen LogP contribution in [0.5, 0.6) is 5.75 Å². The van der Waals surface area contributed by atoms with Gasteiger partial charge in [0.2, 0.25) is 0 Å². The predicted molar refractivity (Wildman–Crippen MR) is 125 cm³/mol. The van der Waals surface area contributed by atoms with E-state index in [2.05, 4.69) is 27.3 Å². The molecule has 1 amide bonds. The maximum Gasteiger partial charge on any atom is 0.265 e. The number of hydrogen-bond donors (Lipinski definition) is 1. The Labute approximate surface area is 188 Å². The summed E-state index contributed by atoms with van der Waals surface area (Å²) in [7, 11) is 0. The highest BCUT2D eigenvalue weighted by atomic mass is 16.5. The van der Waals surface area contributed by atoms with Crippen LogP contribution in [0.2, 0.25) is 0 Å². The minimum atomic E-state index is -0.610. The average molecular weight is 433 g/mol. The van der Waals surface area contributed by atoms with E-state index in [1.165, 1.54) is 5.56 Å². The van der Waals surface area contributed by atoms with E-state index in [0.717, 1.165) is 36.6 Å². The first-order chi connectivity index (χ1) is 15.6. The maximum absolute atomic E-state index is 12.5. The van der Waals surface area contributed by atoms with Crippen LogP contribution in [0.15, 0.2) is 60.7 Å². The molecule has 0 bridgehead atoms. The van der Waals surface area contributed by atoms with E-state index in [9.17, 15) is 4.79 Å². The molecule has 0 spiro atoms. The van der Waals surface area contributed by atoms with Crippen molar-refractivity contribution >= 4 is 17.4 Å². The molecule has 0 radical (unpaired) electrons. The van der Waals surface area contributed by atoms with Gasteiger partial charge in [0.15, 0.2) is 11.9 Å². The number of ether oxygens (including phenoxy) is 2. The van der Waals surface area contributed by atoms with Crippen molar-refractivity contribution in [1.29, 1.82) is 0 Å². The van der Waals surface area contributed by atoms with Crippen molar-refractivity contribution in [2.75, 3.05) is 36.5 Å². The highest BCUT2D eigenvalue weighted by Crippen LogP contribution is 2.22. The van der Waals surface area contributed by atoms with Crippen molar-refractivity contribution in [2.24, 2.45) is 0 Å². The van der Waals surface area contributed by atoms with Gasteiger partial charge in [-0.25, -0.2) is 0 Å². The Kier molecular flexibility index (Phi) is 6.97. The molecule has 0 aliphatic carbocycles. The molecule has 166 valence electrons. The molecule has 1 unspecified atom stereocenters. The number of aryl methyl sites for hydroxylation is 1. The molecule has 1 aliphatic heterocycles. The van der Waals surface area contributed by atoms with Crippen LogP contribution in [-0.2, 0) is 16.0 Å². The topological polar surface area (TPSA) is 76.6 Å². The van der Waals surface area contributed by atoms with Crippen LogP contribution < -0.4 is 15.0 Å². The van der Waals surface area contributed by atoms with Gasteiger partial charge < -0.3 is 19.7 Å². The zero-order chi connectivity index (χ0) is 22.3. The molecule has 1 saturated heterocycles. The minimum absolute atomic E-state index is 0.202. The molecule has 2 heterocycles. The Balaban J connectivity index is 1.34. The molecule has 4 rings (SSSR count). The van der Waals surface area contributed by atoms with Crippen molar-refractivity contribution < 1.29 is 14.3 Å². The van der Waals surface area contributed by atoms with Crippen LogP contribution in [0.1, 0.15) is 19.4 Å². The quantitative estimate of drug-likeness (QED) is 0.609. The van der Waals surface area contributed by atoms with Crippen LogP contribution in [-0.4, -0.2) is 48.5 Å². The van der Waals surface area contributed by atoms with E-state index in [0.29, 0.717) is 24.7 Å². The van der Waals surface area contributed by atoms with Crippen molar-refractivity contribution in [2.45, 2.75) is 26.4 Å². The lowest BCUT2D eigenvalue weighted by Crippen LogP contribution is -2.36. The molecule has 7 heteroatoms. The highest BCUT2D eigenvalue weighted by molar-refractivity contribution is 5.94. The van der Waals surface area contributed by atoms with Crippen molar-refractivity contribution in [3.05, 3.63) is 66.2 Å². The number of hydrogen-bond acceptors (Lipinski definition) is 6. The summed E-state index contributed by atoms with van der Waals surface area (Å²) in [5.41, 5.74) is 3.65. The number of nitrogens with one attached hydrogen (secondary N) is 1. The van der Waals surface area contributed by atoms with E-state index in [-0.39, 0.29) is 5.91 Å². The van der Waals surface area contributed by atoms with Gasteiger partial charge >= 0.3 is 0 Å². The van der Waals surface area contributed by atoms with Crippen molar-refractivity contribution in [1.82, 2.24) is 10.2 Å². The van der Waals surface area contributed by atoms with Crippen molar-refractivity contribution in [3.8, 4) is 17.0 Å². The Morgan fingerprint density at radius 2 is 1.75 bits per heavy atom. The minimum Gasteiger partial charge on any atom is -0.481 e. The second-order valence-electron chi connectivity index (χ2n) is 7.70. The smallest absolute Gasteiger partial charge is 0.265 e. The third-order valence-electron chi connectivity index (χ3n) is 5.45. The van der Waals surface area contributed by atoms with Crippen LogP contribution in [0.4, 0.5) is 11.5 Å². The van der Waals surface area contributed by atoms with Gasteiger partial charge in [0.1, 0.15) is 5.75 Å². The van der Waals surface area contributed by atoms with E-state index in [1.54, 1.807) is 6.92 Å². The third kappa shape index (κ3) is 5.42. The summed E-state index contributed by atoms with van der Waals surface area (Å²) in [6.45, 7) is 6.92. The summed E-state index contributed by atoms with van der Waals surface area (Å²) in [5.74, 6) is 1.34. The number of aromatic nitrogens is 2. The van der Waals surface area contributed by atoms with E-state index in [1.807, 2.05) is 60.7 Å². The monoisotopic (exact) mass is 432 g/mol. The largest absolute Gasteiger partial charge is 0.481 e. The van der Waals surface area contributed by atoms with Gasteiger partial charge in [0.05, 0.1) is 18.9 Å². The van der Waals surface area contributed by atoms with Crippen LogP contribution in [0.3, 0.4) is 0 Å². The first kappa shape index (κ1) is 21.8. The molecule has 3 aromatic rings. The summed E-state index contributed by atoms with van der Waals surface area (Å²) < 4.78 is 11.1. The summed E-state index contributed by atoms with van der Waals surface area (Å²) in [5, 5.41) is 11.6. The first-order valence-electron chi connectivity index (χ1n) is 11.0.